The summed E-state index contributed by atoms with van der Waals surface area (Å²) in [7, 11) is 0. The number of likely N-dealkylation sites (tertiary alicyclic amines) is 1. The number of carbonyl (C=O) groups excluding carboxylic acids is 3. The number of amides is 3. The molecule has 0 unspecified atom stereocenters. The third-order valence-electron chi connectivity index (χ3n) is 6.22. The van der Waals surface area contributed by atoms with Gasteiger partial charge in [0.25, 0.3) is 5.91 Å². The number of nitrogens with zero attached hydrogens (tertiary/aromatic N) is 4. The molecule has 4 heterocycles. The quantitative estimate of drug-likeness (QED) is 0.711. The van der Waals surface area contributed by atoms with Crippen LogP contribution in [0.2, 0.25) is 0 Å². The van der Waals surface area contributed by atoms with Crippen molar-refractivity contribution in [3.05, 3.63) is 42.5 Å². The predicted octanol–water partition coefficient (Wildman–Crippen LogP) is 3.22. The number of hydrogen-bond donors (Lipinski definition) is 1. The molecule has 2 aromatic rings. The number of piperidine rings is 1. The van der Waals surface area contributed by atoms with Gasteiger partial charge in [0.1, 0.15) is 17.7 Å². The van der Waals surface area contributed by atoms with E-state index in [1.165, 1.54) is 12.5 Å². The van der Waals surface area contributed by atoms with Gasteiger partial charge in [-0.25, -0.2) is 9.78 Å². The van der Waals surface area contributed by atoms with Gasteiger partial charge in [-0.15, -0.1) is 0 Å². The second-order valence-electron chi connectivity index (χ2n) is 9.92. The third kappa shape index (κ3) is 6.32. The van der Waals surface area contributed by atoms with E-state index in [0.29, 0.717) is 63.5 Å². The molecule has 0 bridgehead atoms. The summed E-state index contributed by atoms with van der Waals surface area (Å²) in [6.07, 6.45) is 5.59. The van der Waals surface area contributed by atoms with E-state index >= 15 is 0 Å². The smallest absolute Gasteiger partial charge is 0.410 e. The Morgan fingerprint density at radius 2 is 1.71 bits per heavy atom. The summed E-state index contributed by atoms with van der Waals surface area (Å²) in [5, 5.41) is 2.90. The summed E-state index contributed by atoms with van der Waals surface area (Å²) in [5.41, 5.74) is 0.967. The van der Waals surface area contributed by atoms with Gasteiger partial charge in [0.15, 0.2) is 0 Å². The standard InChI is InChI=1S/C25H33N5O5/c1-25(2,3)35-24(33)30-13-11-28(12-14-30)20-4-5-21(26-16-20)27-22(31)18-6-9-29(10-7-18)23(32)19-8-15-34-17-19/h4-5,8,15-18H,6-7,9-14H2,1-3H3,(H,26,27,31). The maximum atomic E-state index is 12.7. The Morgan fingerprint density at radius 3 is 2.29 bits per heavy atom. The molecule has 35 heavy (non-hydrogen) atoms. The first-order valence-corrected chi connectivity index (χ1v) is 12.0. The first-order chi connectivity index (χ1) is 16.7. The van der Waals surface area contributed by atoms with Crippen molar-refractivity contribution in [2.45, 2.75) is 39.2 Å². The minimum atomic E-state index is -0.507. The van der Waals surface area contributed by atoms with Gasteiger partial charge in [-0.05, 0) is 51.8 Å². The number of ether oxygens (including phenoxy) is 1. The fraction of sp³-hybridized carbons (Fsp3) is 0.520. The van der Waals surface area contributed by atoms with Crippen molar-refractivity contribution in [1.29, 1.82) is 0 Å². The Hall–Kier alpha value is -3.56. The number of hydrogen-bond acceptors (Lipinski definition) is 7. The first kappa shape index (κ1) is 24.6. The Bertz CT molecular complexity index is 1020. The van der Waals surface area contributed by atoms with E-state index in [4.69, 9.17) is 9.15 Å². The normalized spacial score (nSPS) is 17.3. The highest BCUT2D eigenvalue weighted by Crippen LogP contribution is 2.22. The number of nitrogens with one attached hydrogen (secondary N) is 1. The minimum absolute atomic E-state index is 0.0678. The van der Waals surface area contributed by atoms with E-state index in [0.717, 1.165) is 5.69 Å². The van der Waals surface area contributed by atoms with Crippen molar-refractivity contribution in [2.75, 3.05) is 49.5 Å². The Kier molecular flexibility index (Phi) is 7.28. The lowest BCUT2D eigenvalue weighted by molar-refractivity contribution is -0.121. The average Bonchev–Trinajstić information content (AvgIpc) is 3.38. The fourth-order valence-electron chi connectivity index (χ4n) is 4.26. The highest BCUT2D eigenvalue weighted by molar-refractivity contribution is 5.95. The molecule has 0 atom stereocenters. The fourth-order valence-corrected chi connectivity index (χ4v) is 4.26. The molecule has 4 rings (SSSR count). The van der Waals surface area contributed by atoms with Gasteiger partial charge < -0.3 is 29.2 Å². The first-order valence-electron chi connectivity index (χ1n) is 12.0. The van der Waals surface area contributed by atoms with Crippen LogP contribution in [0.4, 0.5) is 16.3 Å². The second-order valence-corrected chi connectivity index (χ2v) is 9.92. The minimum Gasteiger partial charge on any atom is -0.472 e. The van der Waals surface area contributed by atoms with Crippen LogP contribution in [-0.4, -0.2) is 77.6 Å². The summed E-state index contributed by atoms with van der Waals surface area (Å²) in [4.78, 5) is 47.4. The van der Waals surface area contributed by atoms with Crippen LogP contribution in [0.5, 0.6) is 0 Å². The van der Waals surface area contributed by atoms with Crippen molar-refractivity contribution in [2.24, 2.45) is 5.92 Å². The summed E-state index contributed by atoms with van der Waals surface area (Å²) in [6.45, 7) is 9.17. The number of carbonyl (C=O) groups is 3. The van der Waals surface area contributed by atoms with Gasteiger partial charge in [0, 0.05) is 45.2 Å². The third-order valence-corrected chi connectivity index (χ3v) is 6.22. The zero-order chi connectivity index (χ0) is 25.0. The molecule has 0 aliphatic carbocycles. The number of pyridine rings is 1. The molecule has 10 nitrogen and oxygen atoms in total. The number of piperazine rings is 1. The van der Waals surface area contributed by atoms with Gasteiger partial charge in [0.2, 0.25) is 5.91 Å². The van der Waals surface area contributed by atoms with E-state index in [2.05, 4.69) is 15.2 Å². The highest BCUT2D eigenvalue weighted by atomic mass is 16.6. The Balaban J connectivity index is 1.23. The zero-order valence-electron chi connectivity index (χ0n) is 20.5. The average molecular weight is 484 g/mol. The molecule has 0 saturated carbocycles. The SMILES string of the molecule is CC(C)(C)OC(=O)N1CCN(c2ccc(NC(=O)C3CCN(C(=O)c4ccoc4)CC3)nc2)CC1. The molecule has 2 fully saturated rings. The second kappa shape index (κ2) is 10.4. The van der Waals surface area contributed by atoms with E-state index < -0.39 is 5.60 Å². The maximum absolute atomic E-state index is 12.7. The van der Waals surface area contributed by atoms with Crippen LogP contribution < -0.4 is 10.2 Å². The monoisotopic (exact) mass is 483 g/mol. The van der Waals surface area contributed by atoms with E-state index in [1.54, 1.807) is 28.1 Å². The van der Waals surface area contributed by atoms with E-state index in [9.17, 15) is 14.4 Å². The van der Waals surface area contributed by atoms with Gasteiger partial charge in [0.05, 0.1) is 23.7 Å². The molecule has 3 amide bonds. The van der Waals surface area contributed by atoms with Crippen molar-refractivity contribution < 1.29 is 23.5 Å². The Labute approximate surface area is 205 Å². The molecule has 2 aliphatic heterocycles. The van der Waals surface area contributed by atoms with Crippen LogP contribution in [-0.2, 0) is 9.53 Å². The summed E-state index contributed by atoms with van der Waals surface area (Å²) >= 11 is 0. The number of furan rings is 1. The molecule has 10 heteroatoms. The molecule has 188 valence electrons. The summed E-state index contributed by atoms with van der Waals surface area (Å²) < 4.78 is 10.4. The Morgan fingerprint density at radius 1 is 1.00 bits per heavy atom. The van der Waals surface area contributed by atoms with Crippen molar-refractivity contribution in [3.8, 4) is 0 Å². The molecular formula is C25H33N5O5. The van der Waals surface area contributed by atoms with E-state index in [-0.39, 0.29) is 23.8 Å². The predicted molar refractivity (Wildman–Crippen MR) is 130 cm³/mol. The van der Waals surface area contributed by atoms with Crippen LogP contribution in [0, 0.1) is 5.92 Å². The van der Waals surface area contributed by atoms with Gasteiger partial charge in [-0.1, -0.05) is 0 Å². The zero-order valence-corrected chi connectivity index (χ0v) is 20.5. The van der Waals surface area contributed by atoms with Gasteiger partial charge in [-0.2, -0.15) is 0 Å². The summed E-state index contributed by atoms with van der Waals surface area (Å²) in [6, 6.07) is 5.38. The lowest BCUT2D eigenvalue weighted by atomic mass is 9.95. The topological polar surface area (TPSA) is 108 Å². The van der Waals surface area contributed by atoms with Crippen LogP contribution in [0.1, 0.15) is 44.0 Å². The molecule has 2 aliphatic rings. The summed E-state index contributed by atoms with van der Waals surface area (Å²) in [5.74, 6) is 0.197. The van der Waals surface area contributed by atoms with Crippen molar-refractivity contribution in [1.82, 2.24) is 14.8 Å². The van der Waals surface area contributed by atoms with Crippen LogP contribution >= 0.6 is 0 Å². The molecule has 2 aromatic heterocycles. The molecule has 0 radical (unpaired) electrons. The molecule has 0 spiro atoms. The van der Waals surface area contributed by atoms with Crippen molar-refractivity contribution in [3.63, 3.8) is 0 Å². The lowest BCUT2D eigenvalue weighted by Crippen LogP contribution is -2.50. The highest BCUT2D eigenvalue weighted by Gasteiger charge is 2.29. The number of aromatic nitrogens is 1. The van der Waals surface area contributed by atoms with Crippen molar-refractivity contribution >= 4 is 29.4 Å². The van der Waals surface area contributed by atoms with Gasteiger partial charge in [-0.3, -0.25) is 9.59 Å². The van der Waals surface area contributed by atoms with Gasteiger partial charge >= 0.3 is 6.09 Å². The lowest BCUT2D eigenvalue weighted by Gasteiger charge is -2.36. The van der Waals surface area contributed by atoms with Crippen LogP contribution in [0.25, 0.3) is 0 Å². The number of rotatable bonds is 4. The van der Waals surface area contributed by atoms with Crippen LogP contribution in [0.15, 0.2) is 41.3 Å². The molecule has 2 saturated heterocycles. The maximum Gasteiger partial charge on any atom is 0.410 e. The number of anilines is 2. The molecule has 1 N–H and O–H groups in total. The molecular weight excluding hydrogens is 450 g/mol. The van der Waals surface area contributed by atoms with E-state index in [1.807, 2.05) is 26.8 Å². The van der Waals surface area contributed by atoms with Crippen LogP contribution in [0.3, 0.4) is 0 Å². The molecule has 0 aromatic carbocycles. The largest absolute Gasteiger partial charge is 0.472 e.